The van der Waals surface area contributed by atoms with Gasteiger partial charge < -0.3 is 14.6 Å². The average molecular weight is 373 g/mol. The Kier molecular flexibility index (Phi) is 7.89. The zero-order valence-electron chi connectivity index (χ0n) is 17.2. The smallest absolute Gasteiger partial charge is 0.224 e. The van der Waals surface area contributed by atoms with E-state index in [9.17, 15) is 4.79 Å². The van der Waals surface area contributed by atoms with Crippen LogP contribution >= 0.6 is 0 Å². The van der Waals surface area contributed by atoms with Gasteiger partial charge in [-0.05, 0) is 50.8 Å². The third-order valence-corrected chi connectivity index (χ3v) is 4.68. The molecule has 2 aromatic rings. The van der Waals surface area contributed by atoms with Gasteiger partial charge in [-0.25, -0.2) is 0 Å². The lowest BCUT2D eigenvalue weighted by atomic mass is 10.0. The van der Waals surface area contributed by atoms with Gasteiger partial charge in [0.2, 0.25) is 5.91 Å². The third-order valence-electron chi connectivity index (χ3n) is 4.68. The van der Waals surface area contributed by atoms with Gasteiger partial charge in [-0.15, -0.1) is 0 Å². The first-order chi connectivity index (χ1) is 12.8. The fraction of sp³-hybridized carbons (Fsp3) is 0.545. The second kappa shape index (κ2) is 10.1. The lowest BCUT2D eigenvalue weighted by Gasteiger charge is -2.14. The highest BCUT2D eigenvalue weighted by atomic mass is 16.5. The summed E-state index contributed by atoms with van der Waals surface area (Å²) in [5.74, 6) is 2.33. The van der Waals surface area contributed by atoms with Crippen molar-refractivity contribution in [1.29, 1.82) is 0 Å². The number of nitrogens with one attached hydrogen (secondary N) is 1. The van der Waals surface area contributed by atoms with Crippen LogP contribution in [0.4, 0.5) is 0 Å². The van der Waals surface area contributed by atoms with Crippen LogP contribution in [-0.4, -0.2) is 17.1 Å². The van der Waals surface area contributed by atoms with E-state index >= 15 is 0 Å². The van der Waals surface area contributed by atoms with E-state index in [0.717, 1.165) is 41.2 Å². The number of carbonyl (C=O) groups is 1. The van der Waals surface area contributed by atoms with Crippen LogP contribution in [0.2, 0.25) is 0 Å². The number of carbonyl (C=O) groups excluding carboxylic acids is 1. The predicted molar refractivity (Wildman–Crippen MR) is 107 cm³/mol. The van der Waals surface area contributed by atoms with Crippen LogP contribution in [-0.2, 0) is 17.8 Å². The number of aromatic nitrogens is 1. The van der Waals surface area contributed by atoms with Gasteiger partial charge in [-0.2, -0.15) is 0 Å². The topological polar surface area (TPSA) is 64.4 Å². The molecule has 1 N–H and O–H groups in total. The lowest BCUT2D eigenvalue weighted by molar-refractivity contribution is -0.121. The molecule has 148 valence electrons. The number of hydrogen-bond donors (Lipinski definition) is 1. The molecule has 5 heteroatoms. The second-order valence-corrected chi connectivity index (χ2v) is 7.71. The fourth-order valence-corrected chi connectivity index (χ4v) is 2.98. The number of ether oxygens (including phenoxy) is 1. The molecule has 1 aromatic carbocycles. The van der Waals surface area contributed by atoms with Crippen molar-refractivity contribution >= 4 is 5.91 Å². The van der Waals surface area contributed by atoms with E-state index in [1.807, 2.05) is 38.1 Å². The molecule has 1 unspecified atom stereocenters. The first kappa shape index (κ1) is 21.0. The highest BCUT2D eigenvalue weighted by Crippen LogP contribution is 2.18. The maximum absolute atomic E-state index is 12.2. The van der Waals surface area contributed by atoms with Gasteiger partial charge in [-0.1, -0.05) is 44.0 Å². The molecule has 5 nitrogen and oxygen atoms in total. The zero-order valence-corrected chi connectivity index (χ0v) is 17.2. The lowest BCUT2D eigenvalue weighted by Crippen LogP contribution is -2.33. The summed E-state index contributed by atoms with van der Waals surface area (Å²) in [4.78, 5) is 12.2. The molecule has 0 bridgehead atoms. The van der Waals surface area contributed by atoms with Gasteiger partial charge in [0.05, 0.1) is 17.7 Å². The minimum atomic E-state index is 0.0661. The van der Waals surface area contributed by atoms with Crippen molar-refractivity contribution in [3.8, 4) is 5.75 Å². The summed E-state index contributed by atoms with van der Waals surface area (Å²) in [7, 11) is 0. The van der Waals surface area contributed by atoms with E-state index in [4.69, 9.17) is 9.26 Å². The quantitative estimate of drug-likeness (QED) is 0.654. The first-order valence-corrected chi connectivity index (χ1v) is 9.78. The number of rotatable bonds is 10. The minimum absolute atomic E-state index is 0.0661. The molecule has 2 rings (SSSR count). The van der Waals surface area contributed by atoms with Crippen molar-refractivity contribution in [2.24, 2.45) is 5.92 Å². The Morgan fingerprint density at radius 2 is 1.85 bits per heavy atom. The summed E-state index contributed by atoms with van der Waals surface area (Å²) in [5.41, 5.74) is 2.81. The monoisotopic (exact) mass is 372 g/mol. The Balaban J connectivity index is 1.77. The molecule has 27 heavy (non-hydrogen) atoms. The van der Waals surface area contributed by atoms with Crippen molar-refractivity contribution in [1.82, 2.24) is 10.5 Å². The summed E-state index contributed by atoms with van der Waals surface area (Å²) < 4.78 is 10.9. The van der Waals surface area contributed by atoms with E-state index in [-0.39, 0.29) is 11.9 Å². The largest absolute Gasteiger partial charge is 0.489 e. The third kappa shape index (κ3) is 7.08. The van der Waals surface area contributed by atoms with E-state index in [2.05, 4.69) is 31.2 Å². The Morgan fingerprint density at radius 3 is 2.44 bits per heavy atom. The SMILES string of the molecule is Cc1noc(C)c1COc1ccc(CC(=O)NC(C)CCCC(C)C)cc1. The van der Waals surface area contributed by atoms with Gasteiger partial charge in [0.15, 0.2) is 0 Å². The molecule has 0 fully saturated rings. The molecular formula is C22H32N2O3. The van der Waals surface area contributed by atoms with E-state index in [1.165, 1.54) is 6.42 Å². The normalized spacial score (nSPS) is 12.2. The molecule has 0 saturated heterocycles. The van der Waals surface area contributed by atoms with Crippen LogP contribution in [0.25, 0.3) is 0 Å². The summed E-state index contributed by atoms with van der Waals surface area (Å²) in [6, 6.07) is 7.88. The summed E-state index contributed by atoms with van der Waals surface area (Å²) in [6.07, 6.45) is 3.77. The van der Waals surface area contributed by atoms with Gasteiger partial charge in [0.25, 0.3) is 0 Å². The minimum Gasteiger partial charge on any atom is -0.489 e. The standard InChI is InChI=1S/C22H32N2O3/c1-15(2)7-6-8-16(3)23-22(25)13-19-9-11-20(12-10-19)26-14-21-17(4)24-27-18(21)5/h9-12,15-16H,6-8,13-14H2,1-5H3,(H,23,25). The van der Waals surface area contributed by atoms with Gasteiger partial charge in [-0.3, -0.25) is 4.79 Å². The number of hydrogen-bond acceptors (Lipinski definition) is 4. The molecule has 1 atom stereocenters. The van der Waals surface area contributed by atoms with E-state index in [1.54, 1.807) is 0 Å². The Labute approximate surface area is 162 Å². The van der Waals surface area contributed by atoms with Gasteiger partial charge in [0, 0.05) is 6.04 Å². The Bertz CT molecular complexity index is 700. The molecule has 1 heterocycles. The highest BCUT2D eigenvalue weighted by molar-refractivity contribution is 5.78. The molecule has 0 aliphatic rings. The number of aryl methyl sites for hydroxylation is 2. The first-order valence-electron chi connectivity index (χ1n) is 9.78. The summed E-state index contributed by atoms with van der Waals surface area (Å²) in [6.45, 7) is 10.7. The van der Waals surface area contributed by atoms with Crippen LogP contribution in [0.15, 0.2) is 28.8 Å². The van der Waals surface area contributed by atoms with Crippen molar-refractivity contribution in [3.63, 3.8) is 0 Å². The van der Waals surface area contributed by atoms with E-state index in [0.29, 0.717) is 18.9 Å². The van der Waals surface area contributed by atoms with Crippen molar-refractivity contribution < 1.29 is 14.1 Å². The van der Waals surface area contributed by atoms with Crippen LogP contribution in [0, 0.1) is 19.8 Å². The average Bonchev–Trinajstić information content (AvgIpc) is 2.92. The maximum atomic E-state index is 12.2. The molecule has 1 aromatic heterocycles. The van der Waals surface area contributed by atoms with Crippen LogP contribution in [0.5, 0.6) is 5.75 Å². The molecule has 0 radical (unpaired) electrons. The molecule has 0 spiro atoms. The molecule has 0 aliphatic heterocycles. The molecule has 1 amide bonds. The second-order valence-electron chi connectivity index (χ2n) is 7.71. The van der Waals surface area contributed by atoms with Crippen LogP contribution in [0.3, 0.4) is 0 Å². The molecular weight excluding hydrogens is 340 g/mol. The Hall–Kier alpha value is -2.30. The van der Waals surface area contributed by atoms with E-state index < -0.39 is 0 Å². The number of amides is 1. The maximum Gasteiger partial charge on any atom is 0.224 e. The Morgan fingerprint density at radius 1 is 1.15 bits per heavy atom. The number of nitrogens with zero attached hydrogens (tertiary/aromatic N) is 1. The summed E-state index contributed by atoms with van der Waals surface area (Å²) in [5, 5.41) is 7.01. The van der Waals surface area contributed by atoms with Gasteiger partial charge in [0.1, 0.15) is 18.1 Å². The highest BCUT2D eigenvalue weighted by Gasteiger charge is 2.11. The number of benzene rings is 1. The van der Waals surface area contributed by atoms with Crippen molar-refractivity contribution in [3.05, 3.63) is 46.8 Å². The van der Waals surface area contributed by atoms with Crippen molar-refractivity contribution in [2.45, 2.75) is 73.0 Å². The fourth-order valence-electron chi connectivity index (χ4n) is 2.98. The molecule has 0 aliphatic carbocycles. The van der Waals surface area contributed by atoms with Crippen molar-refractivity contribution in [2.75, 3.05) is 0 Å². The summed E-state index contributed by atoms with van der Waals surface area (Å²) >= 11 is 0. The van der Waals surface area contributed by atoms with Crippen LogP contribution in [0.1, 0.15) is 62.6 Å². The van der Waals surface area contributed by atoms with Crippen LogP contribution < -0.4 is 10.1 Å². The molecule has 0 saturated carbocycles. The predicted octanol–water partition coefficient (Wildman–Crippen LogP) is 4.74. The van der Waals surface area contributed by atoms with Gasteiger partial charge >= 0.3 is 0 Å². The zero-order chi connectivity index (χ0) is 19.8.